The maximum atomic E-state index is 15.2. The second kappa shape index (κ2) is 13.2. The van der Waals surface area contributed by atoms with Crippen molar-refractivity contribution in [3.8, 4) is 39.1 Å². The third kappa shape index (κ3) is 6.94. The largest absolute Gasteiger partial charge is 0.429 e. The summed E-state index contributed by atoms with van der Waals surface area (Å²) in [5.41, 5.74) is 1.99. The van der Waals surface area contributed by atoms with Gasteiger partial charge in [-0.3, -0.25) is 0 Å². The molecule has 0 unspecified atom stereocenters. The van der Waals surface area contributed by atoms with E-state index < -0.39 is 40.7 Å². The van der Waals surface area contributed by atoms with E-state index in [1.807, 2.05) is 24.3 Å². The van der Waals surface area contributed by atoms with Gasteiger partial charge in [0.1, 0.15) is 29.0 Å². The molecular formula is C36H27ClF6O. The molecule has 5 aromatic rings. The molecule has 1 nitrogen and oxygen atoms in total. The van der Waals surface area contributed by atoms with E-state index in [9.17, 15) is 17.6 Å². The Morgan fingerprint density at radius 3 is 1.75 bits per heavy atom. The highest BCUT2D eigenvalue weighted by molar-refractivity contribution is 6.30. The van der Waals surface area contributed by atoms with E-state index in [1.165, 1.54) is 30.2 Å². The lowest BCUT2D eigenvalue weighted by Crippen LogP contribution is -2.23. The minimum absolute atomic E-state index is 0.0161. The second-order valence-corrected chi connectivity index (χ2v) is 10.8. The highest BCUT2D eigenvalue weighted by Gasteiger charge is 2.38. The number of benzene rings is 5. The molecule has 0 atom stereocenters. The summed E-state index contributed by atoms with van der Waals surface area (Å²) in [5, 5.41) is -0.289. The van der Waals surface area contributed by atoms with Crippen molar-refractivity contribution in [3.63, 3.8) is 0 Å². The molecular weight excluding hydrogens is 598 g/mol. The van der Waals surface area contributed by atoms with Gasteiger partial charge in [0.15, 0.2) is 0 Å². The number of unbranched alkanes of at least 4 members (excludes halogenated alkanes) is 2. The molecule has 0 aromatic heterocycles. The van der Waals surface area contributed by atoms with Crippen LogP contribution >= 0.6 is 11.6 Å². The van der Waals surface area contributed by atoms with Gasteiger partial charge < -0.3 is 4.74 Å². The Morgan fingerprint density at radius 1 is 0.591 bits per heavy atom. The molecule has 0 aliphatic carbocycles. The molecule has 226 valence electrons. The fourth-order valence-corrected chi connectivity index (χ4v) is 5.07. The Hall–Kier alpha value is -4.23. The fourth-order valence-electron chi connectivity index (χ4n) is 4.95. The van der Waals surface area contributed by atoms with Gasteiger partial charge in [0.05, 0.1) is 10.6 Å². The highest BCUT2D eigenvalue weighted by atomic mass is 35.5. The average Bonchev–Trinajstić information content (AvgIpc) is 2.99. The molecule has 0 fully saturated rings. The molecule has 8 heteroatoms. The van der Waals surface area contributed by atoms with Crippen molar-refractivity contribution in [2.75, 3.05) is 0 Å². The van der Waals surface area contributed by atoms with Crippen molar-refractivity contribution in [3.05, 3.63) is 136 Å². The van der Waals surface area contributed by atoms with Crippen LogP contribution in [0.5, 0.6) is 5.75 Å². The van der Waals surface area contributed by atoms with Crippen molar-refractivity contribution in [1.82, 2.24) is 0 Å². The molecule has 0 spiro atoms. The second-order valence-electron chi connectivity index (χ2n) is 10.4. The van der Waals surface area contributed by atoms with Crippen LogP contribution < -0.4 is 4.74 Å². The highest BCUT2D eigenvalue weighted by Crippen LogP contribution is 2.37. The van der Waals surface area contributed by atoms with Crippen LogP contribution in [0.2, 0.25) is 5.02 Å². The van der Waals surface area contributed by atoms with Gasteiger partial charge >= 0.3 is 6.11 Å². The molecule has 0 aliphatic heterocycles. The summed E-state index contributed by atoms with van der Waals surface area (Å²) < 4.78 is 92.8. The first kappa shape index (κ1) is 31.2. The number of rotatable bonds is 10. The molecule has 0 saturated carbocycles. The maximum absolute atomic E-state index is 15.2. The Labute approximate surface area is 256 Å². The SMILES string of the molecule is CCCCCc1ccc(-c2ccc(-c3ccc(-c4ccc(C(F)(F)Oc5ccc(Cl)c(F)c5)c(F)c4)c(F)c3)c(F)c2)cc1. The fraction of sp³-hybridized carbons (Fsp3) is 0.167. The minimum Gasteiger partial charge on any atom is -0.429 e. The molecule has 0 radical (unpaired) electrons. The van der Waals surface area contributed by atoms with Gasteiger partial charge in [-0.15, -0.1) is 0 Å². The molecule has 0 saturated heterocycles. The lowest BCUT2D eigenvalue weighted by atomic mass is 9.96. The maximum Gasteiger partial charge on any atom is 0.429 e. The first-order valence-corrected chi connectivity index (χ1v) is 14.4. The van der Waals surface area contributed by atoms with E-state index in [1.54, 1.807) is 12.1 Å². The van der Waals surface area contributed by atoms with Crippen LogP contribution in [-0.2, 0) is 12.5 Å². The van der Waals surface area contributed by atoms with Gasteiger partial charge in [0.25, 0.3) is 0 Å². The van der Waals surface area contributed by atoms with Crippen LogP contribution in [0.25, 0.3) is 33.4 Å². The lowest BCUT2D eigenvalue weighted by Gasteiger charge is -2.19. The zero-order valence-electron chi connectivity index (χ0n) is 23.6. The minimum atomic E-state index is -4.16. The van der Waals surface area contributed by atoms with Crippen molar-refractivity contribution in [1.29, 1.82) is 0 Å². The topological polar surface area (TPSA) is 9.23 Å². The van der Waals surface area contributed by atoms with E-state index in [0.29, 0.717) is 11.6 Å². The van der Waals surface area contributed by atoms with Crippen molar-refractivity contribution in [2.45, 2.75) is 38.7 Å². The van der Waals surface area contributed by atoms with Crippen molar-refractivity contribution >= 4 is 11.6 Å². The third-order valence-electron chi connectivity index (χ3n) is 7.34. The van der Waals surface area contributed by atoms with Crippen molar-refractivity contribution in [2.24, 2.45) is 0 Å². The number of halogens is 7. The quantitative estimate of drug-likeness (QED) is 0.111. The summed E-state index contributed by atoms with van der Waals surface area (Å²) in [6.07, 6.45) is 0.271. The zero-order chi connectivity index (χ0) is 31.4. The molecule has 44 heavy (non-hydrogen) atoms. The van der Waals surface area contributed by atoms with Crippen LogP contribution in [0.3, 0.4) is 0 Å². The van der Waals surface area contributed by atoms with Gasteiger partial charge in [0, 0.05) is 17.2 Å². The smallest absolute Gasteiger partial charge is 0.429 e. The lowest BCUT2D eigenvalue weighted by molar-refractivity contribution is -0.187. The Morgan fingerprint density at radius 2 is 1.16 bits per heavy atom. The van der Waals surface area contributed by atoms with Crippen LogP contribution in [0.15, 0.2) is 97.1 Å². The predicted octanol–water partition coefficient (Wildman–Crippen LogP) is 11.8. The van der Waals surface area contributed by atoms with Gasteiger partial charge in [-0.25, -0.2) is 17.6 Å². The molecule has 0 N–H and O–H groups in total. The van der Waals surface area contributed by atoms with E-state index in [4.69, 9.17) is 11.6 Å². The Balaban J connectivity index is 1.34. The van der Waals surface area contributed by atoms with Gasteiger partial charge in [-0.05, 0) is 77.1 Å². The van der Waals surface area contributed by atoms with E-state index in [0.717, 1.165) is 61.2 Å². The Bertz CT molecular complexity index is 1790. The standard InChI is InChI=1S/C36H27ClF6O/c1-2-3-4-5-22-6-8-23(9-7-22)24-10-14-28(32(38)18-24)25-11-15-29(33(39)19-25)26-12-16-30(34(40)20-26)36(42,43)44-27-13-17-31(37)35(41)21-27/h6-21H,2-5H2,1H3. The van der Waals surface area contributed by atoms with Crippen LogP contribution in [0.4, 0.5) is 26.3 Å². The van der Waals surface area contributed by atoms with E-state index >= 15 is 8.78 Å². The Kier molecular flexibility index (Phi) is 9.35. The van der Waals surface area contributed by atoms with Crippen LogP contribution in [0.1, 0.15) is 37.3 Å². The summed E-state index contributed by atoms with van der Waals surface area (Å²) in [7, 11) is 0. The summed E-state index contributed by atoms with van der Waals surface area (Å²) in [6.45, 7) is 2.16. The molecule has 5 aromatic carbocycles. The number of alkyl halides is 2. The van der Waals surface area contributed by atoms with Gasteiger partial charge in [-0.2, -0.15) is 8.78 Å². The molecule has 0 bridgehead atoms. The molecule has 5 rings (SSSR count). The third-order valence-corrected chi connectivity index (χ3v) is 7.64. The van der Waals surface area contributed by atoms with Crippen molar-refractivity contribution < 1.29 is 31.1 Å². The summed E-state index contributed by atoms with van der Waals surface area (Å²) in [6, 6.07) is 21.9. The predicted molar refractivity (Wildman–Crippen MR) is 162 cm³/mol. The molecule has 0 amide bonds. The zero-order valence-corrected chi connectivity index (χ0v) is 24.4. The van der Waals surface area contributed by atoms with E-state index in [2.05, 4.69) is 11.7 Å². The molecule has 0 aliphatic rings. The first-order chi connectivity index (χ1) is 21.1. The van der Waals surface area contributed by atoms with Gasteiger partial charge in [0.2, 0.25) is 0 Å². The number of ether oxygens (including phenoxy) is 1. The first-order valence-electron chi connectivity index (χ1n) is 14.1. The van der Waals surface area contributed by atoms with E-state index in [-0.39, 0.29) is 27.3 Å². The monoisotopic (exact) mass is 624 g/mol. The average molecular weight is 625 g/mol. The normalized spacial score (nSPS) is 11.5. The van der Waals surface area contributed by atoms with Crippen LogP contribution in [0, 0.1) is 23.3 Å². The summed E-state index contributed by atoms with van der Waals surface area (Å²) >= 11 is 5.56. The number of hydrogen-bond acceptors (Lipinski definition) is 1. The van der Waals surface area contributed by atoms with Crippen LogP contribution in [-0.4, -0.2) is 0 Å². The number of hydrogen-bond donors (Lipinski definition) is 0. The number of aryl methyl sites for hydroxylation is 1. The summed E-state index contributed by atoms with van der Waals surface area (Å²) in [4.78, 5) is 0. The summed E-state index contributed by atoms with van der Waals surface area (Å²) in [5.74, 6) is -4.23. The molecule has 0 heterocycles. The van der Waals surface area contributed by atoms with Gasteiger partial charge in [-0.1, -0.05) is 86.0 Å².